The molecular weight excluding hydrogens is 538 g/mol. The molecular formula is C30H37N7O5. The first-order valence-corrected chi connectivity index (χ1v) is 14.2. The van der Waals surface area contributed by atoms with Gasteiger partial charge in [0.1, 0.15) is 24.4 Å². The summed E-state index contributed by atoms with van der Waals surface area (Å²) in [5.41, 5.74) is 1.42. The predicted molar refractivity (Wildman–Crippen MR) is 154 cm³/mol. The number of nitrogens with zero attached hydrogens (tertiary/aromatic N) is 5. The summed E-state index contributed by atoms with van der Waals surface area (Å²) in [5.74, 6) is -0.214. The summed E-state index contributed by atoms with van der Waals surface area (Å²) in [5, 5.41) is 17.4. The number of rotatable bonds is 12. The average Bonchev–Trinajstić information content (AvgIpc) is 3.35. The van der Waals surface area contributed by atoms with Gasteiger partial charge in [-0.15, -0.1) is 5.10 Å². The minimum atomic E-state index is -0.834. The van der Waals surface area contributed by atoms with Crippen molar-refractivity contribution >= 4 is 23.5 Å². The first kappa shape index (κ1) is 30.4. The Bertz CT molecular complexity index is 1380. The molecule has 3 amide bonds. The number of tetrazole rings is 1. The summed E-state index contributed by atoms with van der Waals surface area (Å²) in [4.78, 5) is 54.3. The number of amides is 3. The lowest BCUT2D eigenvalue weighted by molar-refractivity contribution is -0.141. The second-order valence-corrected chi connectivity index (χ2v) is 10.3. The van der Waals surface area contributed by atoms with Gasteiger partial charge in [0.25, 0.3) is 5.91 Å². The molecule has 0 bridgehead atoms. The molecule has 42 heavy (non-hydrogen) atoms. The summed E-state index contributed by atoms with van der Waals surface area (Å²) >= 11 is 0. The van der Waals surface area contributed by atoms with Gasteiger partial charge in [0.2, 0.25) is 11.8 Å². The quantitative estimate of drug-likeness (QED) is 0.333. The number of carbonyl (C=O) groups is 4. The van der Waals surface area contributed by atoms with Crippen molar-refractivity contribution in [3.63, 3.8) is 0 Å². The first-order valence-electron chi connectivity index (χ1n) is 14.2. The van der Waals surface area contributed by atoms with Gasteiger partial charge in [0.05, 0.1) is 13.2 Å². The SMILES string of the molecule is CCC(NC(=O)C(C)N1CCCC[C@H](NC(=O)c2ccc(OC)cc2)C1=O)C(=O)Cn1nnnc1Cc1ccccc1. The zero-order chi connectivity index (χ0) is 30.1. The lowest BCUT2D eigenvalue weighted by Crippen LogP contribution is -2.56. The predicted octanol–water partition coefficient (Wildman–Crippen LogP) is 1.94. The third-order valence-corrected chi connectivity index (χ3v) is 7.46. The van der Waals surface area contributed by atoms with Gasteiger partial charge < -0.3 is 20.3 Å². The van der Waals surface area contributed by atoms with Crippen molar-refractivity contribution in [3.8, 4) is 5.75 Å². The highest BCUT2D eigenvalue weighted by molar-refractivity contribution is 5.99. The van der Waals surface area contributed by atoms with Gasteiger partial charge in [-0.3, -0.25) is 19.2 Å². The topological polar surface area (TPSA) is 148 Å². The van der Waals surface area contributed by atoms with Gasteiger partial charge in [0.15, 0.2) is 11.6 Å². The molecule has 1 fully saturated rings. The molecule has 2 aromatic carbocycles. The van der Waals surface area contributed by atoms with E-state index in [4.69, 9.17) is 4.74 Å². The molecule has 0 aliphatic carbocycles. The van der Waals surface area contributed by atoms with Gasteiger partial charge in [-0.2, -0.15) is 0 Å². The summed E-state index contributed by atoms with van der Waals surface area (Å²) in [6.45, 7) is 3.72. The fraction of sp³-hybridized carbons (Fsp3) is 0.433. The highest BCUT2D eigenvalue weighted by Gasteiger charge is 2.35. The third kappa shape index (κ3) is 7.56. The minimum absolute atomic E-state index is 0.0928. The van der Waals surface area contributed by atoms with Crippen LogP contribution in [0.3, 0.4) is 0 Å². The molecule has 1 aliphatic heterocycles. The van der Waals surface area contributed by atoms with Gasteiger partial charge in [-0.25, -0.2) is 4.68 Å². The van der Waals surface area contributed by atoms with E-state index >= 15 is 0 Å². The number of methoxy groups -OCH3 is 1. The Balaban J connectivity index is 1.36. The van der Waals surface area contributed by atoms with Gasteiger partial charge >= 0.3 is 0 Å². The molecule has 3 atom stereocenters. The van der Waals surface area contributed by atoms with Crippen LogP contribution in [0.25, 0.3) is 0 Å². The van der Waals surface area contributed by atoms with Crippen LogP contribution in [-0.4, -0.2) is 80.4 Å². The summed E-state index contributed by atoms with van der Waals surface area (Å²) in [7, 11) is 1.54. The van der Waals surface area contributed by atoms with Crippen molar-refractivity contribution in [3.05, 3.63) is 71.5 Å². The molecule has 2 N–H and O–H groups in total. The number of nitrogens with one attached hydrogen (secondary N) is 2. The molecule has 12 nitrogen and oxygen atoms in total. The molecule has 1 aliphatic rings. The molecule has 12 heteroatoms. The Morgan fingerprint density at radius 1 is 1.07 bits per heavy atom. The van der Waals surface area contributed by atoms with Crippen LogP contribution in [0.1, 0.15) is 61.3 Å². The maximum Gasteiger partial charge on any atom is 0.251 e. The number of hydrogen-bond acceptors (Lipinski definition) is 8. The molecule has 4 rings (SSSR count). The number of ether oxygens (including phenoxy) is 1. The molecule has 2 heterocycles. The van der Waals surface area contributed by atoms with Crippen LogP contribution in [0.5, 0.6) is 5.75 Å². The first-order chi connectivity index (χ1) is 20.3. The Labute approximate surface area is 244 Å². The Hall–Kier alpha value is -4.61. The smallest absolute Gasteiger partial charge is 0.251 e. The highest BCUT2D eigenvalue weighted by Crippen LogP contribution is 2.17. The van der Waals surface area contributed by atoms with Crippen molar-refractivity contribution < 1.29 is 23.9 Å². The molecule has 222 valence electrons. The van der Waals surface area contributed by atoms with E-state index in [9.17, 15) is 19.2 Å². The molecule has 1 saturated heterocycles. The maximum absolute atomic E-state index is 13.5. The second kappa shape index (κ2) is 14.3. The minimum Gasteiger partial charge on any atom is -0.497 e. The zero-order valence-corrected chi connectivity index (χ0v) is 24.2. The standard InChI is InChI=1S/C30H37N7O5/c1-4-24(26(38)19-37-27(33-34-35-37)18-21-10-6-5-7-11-21)31-28(39)20(2)36-17-9-8-12-25(30(36)41)32-29(40)22-13-15-23(42-3)16-14-22/h5-7,10-11,13-16,20,24-25H,4,8-9,12,17-19H2,1-3H3,(H,31,39)(H,32,40)/t20?,24?,25-/m0/s1. The van der Waals surface area contributed by atoms with Crippen LogP contribution in [0.2, 0.25) is 0 Å². The van der Waals surface area contributed by atoms with Crippen LogP contribution in [0.15, 0.2) is 54.6 Å². The number of carbonyl (C=O) groups excluding carboxylic acids is 4. The number of hydrogen-bond donors (Lipinski definition) is 2. The van der Waals surface area contributed by atoms with Crippen molar-refractivity contribution in [2.45, 2.75) is 70.6 Å². The summed E-state index contributed by atoms with van der Waals surface area (Å²) in [6.07, 6.45) is 2.71. The normalized spacial score (nSPS) is 16.7. The summed E-state index contributed by atoms with van der Waals surface area (Å²) in [6, 6.07) is 13.9. The van der Waals surface area contributed by atoms with E-state index in [1.807, 2.05) is 30.3 Å². The van der Waals surface area contributed by atoms with Gasteiger partial charge in [0, 0.05) is 18.5 Å². The van der Waals surface area contributed by atoms with E-state index in [1.165, 1.54) is 9.58 Å². The molecule has 0 radical (unpaired) electrons. The summed E-state index contributed by atoms with van der Waals surface area (Å²) < 4.78 is 6.58. The fourth-order valence-corrected chi connectivity index (χ4v) is 4.92. The van der Waals surface area contributed by atoms with E-state index in [-0.39, 0.29) is 24.1 Å². The highest BCUT2D eigenvalue weighted by atomic mass is 16.5. The Morgan fingerprint density at radius 2 is 1.81 bits per heavy atom. The number of benzene rings is 2. The Morgan fingerprint density at radius 3 is 2.50 bits per heavy atom. The van der Waals surface area contributed by atoms with E-state index in [2.05, 4.69) is 26.2 Å². The number of ketones is 1. The largest absolute Gasteiger partial charge is 0.497 e. The van der Waals surface area contributed by atoms with Crippen molar-refractivity contribution in [2.75, 3.05) is 13.7 Å². The van der Waals surface area contributed by atoms with Crippen LogP contribution in [-0.2, 0) is 27.3 Å². The number of aromatic nitrogens is 4. The van der Waals surface area contributed by atoms with E-state index in [0.717, 1.165) is 12.0 Å². The average molecular weight is 576 g/mol. The maximum atomic E-state index is 13.5. The molecule has 3 aromatic rings. The van der Waals surface area contributed by atoms with Crippen molar-refractivity contribution in [1.82, 2.24) is 35.7 Å². The van der Waals surface area contributed by atoms with E-state index in [1.54, 1.807) is 45.2 Å². The fourth-order valence-electron chi connectivity index (χ4n) is 4.92. The van der Waals surface area contributed by atoms with E-state index < -0.39 is 24.0 Å². The zero-order valence-electron chi connectivity index (χ0n) is 24.2. The second-order valence-electron chi connectivity index (χ2n) is 10.3. The number of likely N-dealkylation sites (tertiary alicyclic amines) is 1. The van der Waals surface area contributed by atoms with Gasteiger partial charge in [-0.1, -0.05) is 37.3 Å². The third-order valence-electron chi connectivity index (χ3n) is 7.46. The lowest BCUT2D eigenvalue weighted by atomic mass is 10.1. The number of Topliss-reactive ketones (excluding diaryl/α,β-unsaturated/α-hetero) is 1. The Kier molecular flexibility index (Phi) is 10.4. The van der Waals surface area contributed by atoms with Crippen molar-refractivity contribution in [1.29, 1.82) is 0 Å². The van der Waals surface area contributed by atoms with Crippen LogP contribution in [0.4, 0.5) is 0 Å². The van der Waals surface area contributed by atoms with Crippen LogP contribution < -0.4 is 15.4 Å². The lowest BCUT2D eigenvalue weighted by Gasteiger charge is -2.30. The monoisotopic (exact) mass is 575 g/mol. The van der Waals surface area contributed by atoms with Crippen LogP contribution in [0, 0.1) is 0 Å². The molecule has 0 saturated carbocycles. The van der Waals surface area contributed by atoms with Crippen molar-refractivity contribution in [2.24, 2.45) is 0 Å². The molecule has 2 unspecified atom stereocenters. The molecule has 1 aromatic heterocycles. The van der Waals surface area contributed by atoms with Gasteiger partial charge in [-0.05, 0) is 72.9 Å². The van der Waals surface area contributed by atoms with E-state index in [0.29, 0.717) is 49.4 Å². The molecule has 0 spiro atoms. The van der Waals surface area contributed by atoms with Crippen LogP contribution >= 0.6 is 0 Å².